The number of carbonyl (C=O) groups excluding carboxylic acids is 1. The molecule has 0 saturated heterocycles. The number of halogens is 3. The Kier molecular flexibility index (Phi) is 3.95. The Bertz CT molecular complexity index is 344. The van der Waals surface area contributed by atoms with E-state index >= 15 is 0 Å². The van der Waals surface area contributed by atoms with Crippen molar-refractivity contribution in [1.29, 1.82) is 0 Å². The minimum Gasteiger partial charge on any atom is -0.292 e. The first-order chi connectivity index (χ1) is 6.65. The molecule has 0 bridgehead atoms. The summed E-state index contributed by atoms with van der Waals surface area (Å²) in [5.74, 6) is -1.88. The highest BCUT2D eigenvalue weighted by atomic mass is 35.5. The van der Waals surface area contributed by atoms with E-state index in [1.165, 1.54) is 0 Å². The van der Waals surface area contributed by atoms with Crippen LogP contribution >= 0.6 is 11.6 Å². The first-order valence-electron chi connectivity index (χ1n) is 4.06. The number of ketones is 1. The monoisotopic (exact) mass is 219 g/mol. The van der Waals surface area contributed by atoms with E-state index in [9.17, 15) is 13.6 Å². The highest BCUT2D eigenvalue weighted by Crippen LogP contribution is 2.09. The molecular weight excluding hydrogens is 212 g/mol. The van der Waals surface area contributed by atoms with Gasteiger partial charge in [-0.25, -0.2) is 9.37 Å². The van der Waals surface area contributed by atoms with Crippen molar-refractivity contribution in [2.75, 3.05) is 5.88 Å². The molecule has 1 rings (SSSR count). The second kappa shape index (κ2) is 5.00. The van der Waals surface area contributed by atoms with Crippen molar-refractivity contribution in [2.24, 2.45) is 0 Å². The van der Waals surface area contributed by atoms with Crippen LogP contribution in [0.15, 0.2) is 12.1 Å². The molecular formula is C9H8ClF2NO. The largest absolute Gasteiger partial charge is 0.292 e. The summed E-state index contributed by atoms with van der Waals surface area (Å²) in [4.78, 5) is 14.4. The Morgan fingerprint density at radius 1 is 1.43 bits per heavy atom. The molecule has 0 unspecified atom stereocenters. The van der Waals surface area contributed by atoms with Gasteiger partial charge in [-0.2, -0.15) is 4.39 Å². The Labute approximate surface area is 84.9 Å². The van der Waals surface area contributed by atoms with E-state index < -0.39 is 23.2 Å². The number of pyridine rings is 1. The Balaban J connectivity index is 2.83. The molecule has 0 saturated carbocycles. The van der Waals surface area contributed by atoms with Crippen LogP contribution in [0.25, 0.3) is 0 Å². The van der Waals surface area contributed by atoms with E-state index in [0.29, 0.717) is 12.3 Å². The third-order valence-electron chi connectivity index (χ3n) is 1.61. The molecule has 1 aromatic heterocycles. The summed E-state index contributed by atoms with van der Waals surface area (Å²) in [5.41, 5.74) is -0.449. The normalized spacial score (nSPS) is 10.2. The van der Waals surface area contributed by atoms with Gasteiger partial charge in [-0.3, -0.25) is 4.79 Å². The second-order valence-electron chi connectivity index (χ2n) is 2.68. The van der Waals surface area contributed by atoms with Gasteiger partial charge in [-0.1, -0.05) is 0 Å². The van der Waals surface area contributed by atoms with Crippen LogP contribution in [0.5, 0.6) is 0 Å². The van der Waals surface area contributed by atoms with Crippen LogP contribution in [0.4, 0.5) is 8.78 Å². The van der Waals surface area contributed by atoms with Crippen molar-refractivity contribution in [3.63, 3.8) is 0 Å². The molecule has 0 spiro atoms. The van der Waals surface area contributed by atoms with E-state index in [2.05, 4.69) is 4.98 Å². The molecule has 2 nitrogen and oxygen atoms in total. The van der Waals surface area contributed by atoms with Crippen LogP contribution in [-0.2, 0) is 0 Å². The molecule has 0 aliphatic rings. The SMILES string of the molecule is O=C(CCCCl)c1nc(F)ccc1F. The number of nitrogens with zero attached hydrogens (tertiary/aromatic N) is 1. The fraction of sp³-hybridized carbons (Fsp3) is 0.333. The summed E-state index contributed by atoms with van der Waals surface area (Å²) in [5, 5.41) is 0. The van der Waals surface area contributed by atoms with E-state index in [1.54, 1.807) is 0 Å². The number of alkyl halides is 1. The van der Waals surface area contributed by atoms with Crippen molar-refractivity contribution in [3.8, 4) is 0 Å². The predicted octanol–water partition coefficient (Wildman–Crippen LogP) is 2.56. The first-order valence-corrected chi connectivity index (χ1v) is 4.60. The molecule has 14 heavy (non-hydrogen) atoms. The second-order valence-corrected chi connectivity index (χ2v) is 3.06. The van der Waals surface area contributed by atoms with Crippen LogP contribution < -0.4 is 0 Å². The zero-order valence-electron chi connectivity index (χ0n) is 7.27. The van der Waals surface area contributed by atoms with Gasteiger partial charge >= 0.3 is 0 Å². The Morgan fingerprint density at radius 3 is 2.79 bits per heavy atom. The summed E-state index contributed by atoms with van der Waals surface area (Å²) in [6.45, 7) is 0. The third-order valence-corrected chi connectivity index (χ3v) is 1.88. The summed E-state index contributed by atoms with van der Waals surface area (Å²) < 4.78 is 25.5. The molecule has 0 aromatic carbocycles. The van der Waals surface area contributed by atoms with E-state index in [4.69, 9.17) is 11.6 Å². The van der Waals surface area contributed by atoms with Crippen LogP contribution in [0, 0.1) is 11.8 Å². The number of rotatable bonds is 4. The summed E-state index contributed by atoms with van der Waals surface area (Å²) in [7, 11) is 0. The zero-order chi connectivity index (χ0) is 10.6. The lowest BCUT2D eigenvalue weighted by molar-refractivity contribution is 0.0971. The topological polar surface area (TPSA) is 30.0 Å². The lowest BCUT2D eigenvalue weighted by atomic mass is 10.1. The molecule has 0 aliphatic carbocycles. The standard InChI is InChI=1S/C9H8ClF2NO/c10-5-1-2-7(14)9-6(11)3-4-8(12)13-9/h3-4H,1-2,5H2. The molecule has 5 heteroatoms. The summed E-state index contributed by atoms with van der Waals surface area (Å²) in [6.07, 6.45) is 0.509. The molecule has 0 amide bonds. The van der Waals surface area contributed by atoms with Gasteiger partial charge in [0.2, 0.25) is 5.95 Å². The van der Waals surface area contributed by atoms with Crippen LogP contribution in [0.1, 0.15) is 23.3 Å². The van der Waals surface area contributed by atoms with E-state index in [-0.39, 0.29) is 6.42 Å². The average molecular weight is 220 g/mol. The van der Waals surface area contributed by atoms with Gasteiger partial charge in [0.15, 0.2) is 11.6 Å². The van der Waals surface area contributed by atoms with Crippen molar-refractivity contribution in [2.45, 2.75) is 12.8 Å². The smallest absolute Gasteiger partial charge is 0.213 e. The maximum Gasteiger partial charge on any atom is 0.213 e. The molecule has 0 aliphatic heterocycles. The number of carbonyl (C=O) groups is 1. The lowest BCUT2D eigenvalue weighted by Gasteiger charge is -2.00. The third kappa shape index (κ3) is 2.73. The van der Waals surface area contributed by atoms with E-state index in [1.807, 2.05) is 0 Å². The van der Waals surface area contributed by atoms with Crippen molar-refractivity contribution in [1.82, 2.24) is 4.98 Å². The summed E-state index contributed by atoms with van der Waals surface area (Å²) >= 11 is 5.36. The maximum atomic E-state index is 13.0. The lowest BCUT2D eigenvalue weighted by Crippen LogP contribution is -2.07. The average Bonchev–Trinajstić information content (AvgIpc) is 2.18. The zero-order valence-corrected chi connectivity index (χ0v) is 8.02. The molecule has 1 heterocycles. The van der Waals surface area contributed by atoms with Gasteiger partial charge in [-0.15, -0.1) is 11.6 Å². The number of hydrogen-bond acceptors (Lipinski definition) is 2. The molecule has 0 radical (unpaired) electrons. The minimum atomic E-state index is -0.861. The van der Waals surface area contributed by atoms with Crippen molar-refractivity contribution in [3.05, 3.63) is 29.6 Å². The fourth-order valence-electron chi connectivity index (χ4n) is 0.960. The maximum absolute atomic E-state index is 13.0. The van der Waals surface area contributed by atoms with Gasteiger partial charge in [0.1, 0.15) is 5.69 Å². The van der Waals surface area contributed by atoms with Gasteiger partial charge < -0.3 is 0 Å². The van der Waals surface area contributed by atoms with Gasteiger partial charge in [0.05, 0.1) is 0 Å². The molecule has 0 N–H and O–H groups in total. The Morgan fingerprint density at radius 2 is 2.14 bits per heavy atom. The van der Waals surface area contributed by atoms with Gasteiger partial charge in [-0.05, 0) is 18.6 Å². The molecule has 76 valence electrons. The quantitative estimate of drug-likeness (QED) is 0.443. The number of Topliss-reactive ketones (excluding diaryl/α,β-unsaturated/α-hetero) is 1. The van der Waals surface area contributed by atoms with Gasteiger partial charge in [0, 0.05) is 12.3 Å². The van der Waals surface area contributed by atoms with Crippen molar-refractivity contribution < 1.29 is 13.6 Å². The fourth-order valence-corrected chi connectivity index (χ4v) is 1.09. The minimum absolute atomic E-state index is 0.0802. The molecule has 0 atom stereocenters. The highest BCUT2D eigenvalue weighted by molar-refractivity contribution is 6.18. The van der Waals surface area contributed by atoms with Gasteiger partial charge in [0.25, 0.3) is 0 Å². The predicted molar refractivity (Wildman–Crippen MR) is 48.4 cm³/mol. The van der Waals surface area contributed by atoms with Crippen molar-refractivity contribution >= 4 is 17.4 Å². The highest BCUT2D eigenvalue weighted by Gasteiger charge is 2.13. The van der Waals surface area contributed by atoms with Crippen LogP contribution in [0.2, 0.25) is 0 Å². The molecule has 1 aromatic rings. The van der Waals surface area contributed by atoms with E-state index in [0.717, 1.165) is 12.1 Å². The Hall–Kier alpha value is -1.03. The number of hydrogen-bond donors (Lipinski definition) is 0. The summed E-state index contributed by atoms with van der Waals surface area (Å²) in [6, 6.07) is 1.75. The number of aromatic nitrogens is 1. The van der Waals surface area contributed by atoms with Crippen LogP contribution in [-0.4, -0.2) is 16.6 Å². The van der Waals surface area contributed by atoms with Crippen LogP contribution in [0.3, 0.4) is 0 Å². The molecule has 0 fully saturated rings. The first kappa shape index (κ1) is 11.0.